The van der Waals surface area contributed by atoms with Gasteiger partial charge < -0.3 is 48.8 Å². The third-order valence-corrected chi connectivity index (χ3v) is 10.4. The maximum absolute atomic E-state index is 13.7. The van der Waals surface area contributed by atoms with Gasteiger partial charge >= 0.3 is 26.0 Å². The summed E-state index contributed by atoms with van der Waals surface area (Å²) >= 11 is 0. The molecule has 1 aromatic heterocycles. The van der Waals surface area contributed by atoms with Crippen LogP contribution in [-0.4, -0.2) is 107 Å². The Morgan fingerprint density at radius 2 is 1.54 bits per heavy atom. The first kappa shape index (κ1) is 54.5. The Hall–Kier alpha value is -6.86. The van der Waals surface area contributed by atoms with Gasteiger partial charge in [-0.25, -0.2) is 14.4 Å². The van der Waals surface area contributed by atoms with Crippen molar-refractivity contribution in [3.05, 3.63) is 71.0 Å². The van der Waals surface area contributed by atoms with Crippen molar-refractivity contribution in [1.82, 2.24) is 21.0 Å². The highest BCUT2D eigenvalue weighted by molar-refractivity contribution is 6.06. The molecule has 0 saturated heterocycles. The van der Waals surface area contributed by atoms with Crippen LogP contribution in [0.3, 0.4) is 0 Å². The van der Waals surface area contributed by atoms with Crippen molar-refractivity contribution in [2.24, 2.45) is 5.92 Å². The Morgan fingerprint density at radius 3 is 2.19 bits per heavy atom. The number of furan rings is 1. The average molecular weight is 933 g/mol. The summed E-state index contributed by atoms with van der Waals surface area (Å²) in [5.41, 5.74) is 0.869. The largest absolute Gasteiger partial charge is 0.543 e. The molecule has 1 heterocycles. The maximum Gasteiger partial charge on any atom is 0.378 e. The fraction of sp³-hybridized carbons (Fsp3) is 0.489. The molecule has 0 aliphatic rings. The van der Waals surface area contributed by atoms with Crippen LogP contribution in [0.25, 0.3) is 11.3 Å². The van der Waals surface area contributed by atoms with Crippen molar-refractivity contribution in [1.29, 1.82) is 0 Å². The monoisotopic (exact) mass is 932 g/mol. The zero-order valence-corrected chi connectivity index (χ0v) is 39.0. The van der Waals surface area contributed by atoms with Gasteiger partial charge in [0, 0.05) is 5.56 Å². The molecule has 362 valence electrons. The summed E-state index contributed by atoms with van der Waals surface area (Å²) in [7, 11) is 6.39. The highest BCUT2D eigenvalue weighted by Gasteiger charge is 2.34. The van der Waals surface area contributed by atoms with E-state index in [1.165, 1.54) is 37.4 Å². The van der Waals surface area contributed by atoms with Gasteiger partial charge in [-0.15, -0.1) is 0 Å². The average Bonchev–Trinajstić information content (AvgIpc) is 3.83. The van der Waals surface area contributed by atoms with Crippen LogP contribution in [0.4, 0.5) is 0 Å². The second-order valence-electron chi connectivity index (χ2n) is 15.3. The fourth-order valence-corrected chi connectivity index (χ4v) is 6.73. The number of amides is 4. The maximum atomic E-state index is 13.7. The number of esters is 2. The van der Waals surface area contributed by atoms with Crippen molar-refractivity contribution in [2.75, 3.05) is 33.6 Å². The number of hydrogen-bond donors (Lipinski definition) is 3. The molecule has 0 bridgehead atoms. The van der Waals surface area contributed by atoms with E-state index in [1.54, 1.807) is 32.0 Å². The van der Waals surface area contributed by atoms with Crippen molar-refractivity contribution in [3.8, 4) is 22.8 Å². The Balaban J connectivity index is 1.80. The highest BCUT2D eigenvalue weighted by atomic mass is 16.7. The predicted molar refractivity (Wildman–Crippen MR) is 242 cm³/mol. The number of unbranched alkanes of at least 4 members (excludes halogenated alkanes) is 4. The van der Waals surface area contributed by atoms with Crippen LogP contribution in [0, 0.1) is 12.8 Å². The normalized spacial score (nSPS) is 12.0. The molecule has 20 heteroatoms. The fourth-order valence-electron chi connectivity index (χ4n) is 6.73. The van der Waals surface area contributed by atoms with E-state index in [4.69, 9.17) is 36.3 Å². The first-order chi connectivity index (χ1) is 32.3. The summed E-state index contributed by atoms with van der Waals surface area (Å²) in [5.74, 6) is -6.20. The minimum Gasteiger partial charge on any atom is -0.543 e. The number of hydrogen-bond acceptors (Lipinski definition) is 15. The van der Waals surface area contributed by atoms with Crippen molar-refractivity contribution in [2.45, 2.75) is 111 Å². The SMILES string of the molecule is [B]OC(=O)C[C@H](NC(=O)c1ccc(-c2ccc(C(=O)NCNC(=O)[C@H](CCCCC)[C@@H](CC)N(C=O)OC(=O)c3c(C)cccc3OC)o2)cc1OCC(=O)OCCCC)C(=O)OCCCC. The third-order valence-electron chi connectivity index (χ3n) is 10.4. The van der Waals surface area contributed by atoms with Gasteiger partial charge in [-0.05, 0) is 68.5 Å². The first-order valence-corrected chi connectivity index (χ1v) is 22.3. The van der Waals surface area contributed by atoms with E-state index in [0.717, 1.165) is 30.7 Å². The lowest BCUT2D eigenvalue weighted by Crippen LogP contribution is -2.49. The molecule has 0 fully saturated rings. The smallest absolute Gasteiger partial charge is 0.378 e. The molecule has 19 nitrogen and oxygen atoms in total. The van der Waals surface area contributed by atoms with Crippen LogP contribution < -0.4 is 25.4 Å². The molecule has 0 spiro atoms. The van der Waals surface area contributed by atoms with E-state index in [2.05, 4.69) is 20.6 Å². The Labute approximate surface area is 391 Å². The highest BCUT2D eigenvalue weighted by Crippen LogP contribution is 2.30. The summed E-state index contributed by atoms with van der Waals surface area (Å²) in [6.07, 6.45) is 5.31. The van der Waals surface area contributed by atoms with Crippen LogP contribution in [0.15, 0.2) is 52.9 Å². The van der Waals surface area contributed by atoms with Gasteiger partial charge in [0.05, 0.1) is 50.9 Å². The second-order valence-corrected chi connectivity index (χ2v) is 15.3. The summed E-state index contributed by atoms with van der Waals surface area (Å²) in [6.45, 7) is 8.56. The molecule has 2 radical (unpaired) electrons. The summed E-state index contributed by atoms with van der Waals surface area (Å²) in [6, 6.07) is 9.70. The lowest BCUT2D eigenvalue weighted by Gasteiger charge is -2.32. The number of rotatable bonds is 30. The summed E-state index contributed by atoms with van der Waals surface area (Å²) in [4.78, 5) is 109. The topological polar surface area (TPSA) is 244 Å². The number of benzene rings is 2. The zero-order chi connectivity index (χ0) is 49.3. The number of methoxy groups -OCH3 is 1. The van der Waals surface area contributed by atoms with Crippen LogP contribution in [-0.2, 0) is 42.9 Å². The van der Waals surface area contributed by atoms with Crippen LogP contribution in [0.5, 0.6) is 11.5 Å². The van der Waals surface area contributed by atoms with E-state index >= 15 is 0 Å². The lowest BCUT2D eigenvalue weighted by atomic mass is 9.90. The minimum atomic E-state index is -1.48. The van der Waals surface area contributed by atoms with Gasteiger partial charge in [-0.1, -0.05) is 78.0 Å². The van der Waals surface area contributed by atoms with Crippen LogP contribution in [0.1, 0.15) is 129 Å². The van der Waals surface area contributed by atoms with Crippen molar-refractivity contribution < 1.29 is 71.2 Å². The second kappa shape index (κ2) is 28.9. The van der Waals surface area contributed by atoms with Gasteiger partial charge in [0.25, 0.3) is 17.8 Å². The Morgan fingerprint density at radius 1 is 0.821 bits per heavy atom. The third kappa shape index (κ3) is 16.8. The van der Waals surface area contributed by atoms with E-state index in [9.17, 15) is 38.4 Å². The number of carbonyl (C=O) groups excluding carboxylic acids is 8. The molecule has 0 saturated carbocycles. The molecule has 2 aromatic carbocycles. The molecule has 3 aromatic rings. The number of nitrogens with zero attached hydrogens (tertiary/aromatic N) is 1. The number of aryl methyl sites for hydroxylation is 1. The zero-order valence-electron chi connectivity index (χ0n) is 39.0. The standard InChI is InChI=1S/C47H61BN4O15/c1-7-11-14-17-32(35(10-4)52(29-53)67-47(60)42-30(5)16-15-18-37(42)61-6)43(56)49-28-50-45(58)38-22-21-36(65-38)31-19-20-33(39(25-31)64-27-41(55)62-23-12-8-2)44(57)51-34(26-40(54)66-48)46(59)63-24-13-9-3/h15-16,18-22,25,29,32,34-35H,7-14,17,23-24,26-28H2,1-6H3,(H,49,56)(H,50,58)(H,51,57)/t32-,34+,35-/m1/s1. The summed E-state index contributed by atoms with van der Waals surface area (Å²) in [5, 5.41) is 8.58. The number of nitrogens with one attached hydrogen (secondary N) is 3. The molecule has 3 rings (SSSR count). The van der Waals surface area contributed by atoms with E-state index in [1.807, 2.05) is 20.8 Å². The number of carbonyl (C=O) groups is 8. The molecular formula is C47H61BN4O15. The molecule has 67 heavy (non-hydrogen) atoms. The van der Waals surface area contributed by atoms with Gasteiger partial charge in [0.15, 0.2) is 12.4 Å². The summed E-state index contributed by atoms with van der Waals surface area (Å²) < 4.78 is 31.5. The molecule has 4 amide bonds. The molecule has 0 aliphatic heterocycles. The molecule has 0 unspecified atom stereocenters. The van der Waals surface area contributed by atoms with Gasteiger partial charge in [0.1, 0.15) is 28.9 Å². The van der Waals surface area contributed by atoms with Crippen LogP contribution >= 0.6 is 0 Å². The van der Waals surface area contributed by atoms with E-state index < -0.39 is 72.6 Å². The van der Waals surface area contributed by atoms with E-state index in [-0.39, 0.29) is 60.4 Å². The lowest BCUT2D eigenvalue weighted by molar-refractivity contribution is -0.171. The minimum absolute atomic E-state index is 0.0487. The molecular weight excluding hydrogens is 871 g/mol. The van der Waals surface area contributed by atoms with Crippen molar-refractivity contribution >= 4 is 56.1 Å². The van der Waals surface area contributed by atoms with Gasteiger partial charge in [-0.2, -0.15) is 5.06 Å². The quantitative estimate of drug-likeness (QED) is 0.0188. The Kier molecular flexibility index (Phi) is 23.5. The molecule has 0 aliphatic carbocycles. The molecule has 3 N–H and O–H groups in total. The van der Waals surface area contributed by atoms with Crippen LogP contribution in [0.2, 0.25) is 0 Å². The predicted octanol–water partition coefficient (Wildman–Crippen LogP) is 5.45. The van der Waals surface area contributed by atoms with Crippen molar-refractivity contribution in [3.63, 3.8) is 0 Å². The first-order valence-electron chi connectivity index (χ1n) is 22.3. The molecule has 3 atom stereocenters. The van der Waals surface area contributed by atoms with Gasteiger partial charge in [-0.3, -0.25) is 24.0 Å². The Bertz CT molecular complexity index is 2140. The van der Waals surface area contributed by atoms with Gasteiger partial charge in [0.2, 0.25) is 12.3 Å². The van der Waals surface area contributed by atoms with E-state index in [0.29, 0.717) is 43.2 Å². The number of ether oxygens (including phenoxy) is 4. The number of hydroxylamine groups is 2.